The number of fused-ring (bicyclic) bond motifs is 1. The number of halogens is 2. The van der Waals surface area contributed by atoms with Gasteiger partial charge in [-0.3, -0.25) is 19.1 Å². The van der Waals surface area contributed by atoms with Crippen LogP contribution in [0.3, 0.4) is 0 Å². The van der Waals surface area contributed by atoms with Crippen LogP contribution in [-0.2, 0) is 0 Å². The standard InChI is InChI=1S/C23H12Cl2N6O3/c24-15-10-14(31-23(34)27-22(33)17(12-26)28-31)11-16(25)21(15)29-9-8-19-18(29)6-7-20(32)30(19)13-4-2-1-3-5-13/h1-11H,(H,27,33,34). The summed E-state index contributed by atoms with van der Waals surface area (Å²) in [5.74, 6) is 0. The van der Waals surface area contributed by atoms with Gasteiger partial charge in [-0.2, -0.15) is 9.94 Å². The number of H-pyrrole nitrogens is 1. The van der Waals surface area contributed by atoms with Gasteiger partial charge in [0.15, 0.2) is 0 Å². The van der Waals surface area contributed by atoms with Crippen LogP contribution in [-0.4, -0.2) is 23.9 Å². The van der Waals surface area contributed by atoms with E-state index in [0.29, 0.717) is 22.4 Å². The molecule has 0 amide bonds. The van der Waals surface area contributed by atoms with Crippen LogP contribution in [0.25, 0.3) is 28.1 Å². The van der Waals surface area contributed by atoms with Crippen LogP contribution < -0.4 is 16.8 Å². The quantitative estimate of drug-likeness (QED) is 0.416. The zero-order valence-electron chi connectivity index (χ0n) is 17.1. The summed E-state index contributed by atoms with van der Waals surface area (Å²) in [6, 6.07) is 18.6. The van der Waals surface area contributed by atoms with Gasteiger partial charge in [0, 0.05) is 18.0 Å². The van der Waals surface area contributed by atoms with Crippen molar-refractivity contribution >= 4 is 34.2 Å². The molecule has 34 heavy (non-hydrogen) atoms. The lowest BCUT2D eigenvalue weighted by Gasteiger charge is -2.14. The molecule has 0 bridgehead atoms. The molecule has 0 saturated heterocycles. The van der Waals surface area contributed by atoms with E-state index in [0.717, 1.165) is 4.68 Å². The number of aromatic nitrogens is 5. The number of nitriles is 1. The predicted octanol–water partition coefficient (Wildman–Crippen LogP) is 3.19. The Hall–Kier alpha value is -4.39. The number of hydrogen-bond acceptors (Lipinski definition) is 5. The molecule has 2 aromatic carbocycles. The van der Waals surface area contributed by atoms with Gasteiger partial charge < -0.3 is 4.57 Å². The van der Waals surface area contributed by atoms with Crippen molar-refractivity contribution in [3.63, 3.8) is 0 Å². The Labute approximate surface area is 200 Å². The van der Waals surface area contributed by atoms with Crippen molar-refractivity contribution in [2.75, 3.05) is 0 Å². The Morgan fingerprint density at radius 1 is 0.882 bits per heavy atom. The molecule has 0 saturated carbocycles. The molecule has 0 aliphatic heterocycles. The van der Waals surface area contributed by atoms with Crippen LogP contribution in [0, 0.1) is 11.3 Å². The lowest BCUT2D eigenvalue weighted by atomic mass is 10.2. The first-order valence-electron chi connectivity index (χ1n) is 9.81. The fourth-order valence-corrected chi connectivity index (χ4v) is 4.38. The first kappa shape index (κ1) is 21.5. The molecule has 166 valence electrons. The fraction of sp³-hybridized carbons (Fsp3) is 0. The van der Waals surface area contributed by atoms with Crippen LogP contribution in [0.2, 0.25) is 10.0 Å². The first-order valence-corrected chi connectivity index (χ1v) is 10.6. The molecule has 5 rings (SSSR count). The molecule has 3 heterocycles. The third-order valence-corrected chi connectivity index (χ3v) is 5.76. The zero-order chi connectivity index (χ0) is 24.0. The number of hydrogen-bond donors (Lipinski definition) is 1. The normalized spacial score (nSPS) is 11.0. The maximum absolute atomic E-state index is 12.6. The topological polar surface area (TPSA) is 118 Å². The van der Waals surface area contributed by atoms with E-state index in [-0.39, 0.29) is 21.3 Å². The molecule has 1 N–H and O–H groups in total. The Bertz CT molecular complexity index is 1790. The molecule has 3 aromatic heterocycles. The fourth-order valence-electron chi connectivity index (χ4n) is 3.72. The number of para-hydroxylation sites is 1. The van der Waals surface area contributed by atoms with Crippen LogP contribution in [0.15, 0.2) is 81.2 Å². The van der Waals surface area contributed by atoms with Crippen LogP contribution in [0.5, 0.6) is 0 Å². The average molecular weight is 491 g/mol. The van der Waals surface area contributed by atoms with Gasteiger partial charge >= 0.3 is 5.69 Å². The second-order valence-corrected chi connectivity index (χ2v) is 8.00. The predicted molar refractivity (Wildman–Crippen MR) is 128 cm³/mol. The molecule has 0 atom stereocenters. The van der Waals surface area contributed by atoms with E-state index in [2.05, 4.69) is 5.10 Å². The molecular formula is C23H12Cl2N6O3. The summed E-state index contributed by atoms with van der Waals surface area (Å²) in [7, 11) is 0. The number of rotatable bonds is 3. The minimum atomic E-state index is -0.888. The van der Waals surface area contributed by atoms with E-state index in [1.165, 1.54) is 18.2 Å². The van der Waals surface area contributed by atoms with Gasteiger partial charge in [-0.15, -0.1) is 5.10 Å². The molecule has 0 spiro atoms. The van der Waals surface area contributed by atoms with Crippen LogP contribution in [0.4, 0.5) is 0 Å². The monoisotopic (exact) mass is 490 g/mol. The Balaban J connectivity index is 1.71. The van der Waals surface area contributed by atoms with E-state index in [1.807, 2.05) is 35.3 Å². The summed E-state index contributed by atoms with van der Waals surface area (Å²) in [4.78, 5) is 38.5. The Morgan fingerprint density at radius 3 is 2.26 bits per heavy atom. The lowest BCUT2D eigenvalue weighted by Crippen LogP contribution is -2.33. The van der Waals surface area contributed by atoms with Crippen molar-refractivity contribution in [3.8, 4) is 23.1 Å². The SMILES string of the molecule is N#Cc1nn(-c2cc(Cl)c(-n3ccc4c3ccc(=O)n4-c3ccccc3)c(Cl)c2)c(=O)[nH]c1=O. The van der Waals surface area contributed by atoms with Crippen molar-refractivity contribution in [2.24, 2.45) is 0 Å². The lowest BCUT2D eigenvalue weighted by molar-refractivity contribution is 0.740. The second kappa shape index (κ2) is 8.19. The average Bonchev–Trinajstić information content (AvgIpc) is 3.22. The summed E-state index contributed by atoms with van der Waals surface area (Å²) in [6.45, 7) is 0. The molecule has 0 unspecified atom stereocenters. The van der Waals surface area contributed by atoms with Gasteiger partial charge in [-0.05, 0) is 36.4 Å². The highest BCUT2D eigenvalue weighted by atomic mass is 35.5. The highest BCUT2D eigenvalue weighted by Crippen LogP contribution is 2.34. The van der Waals surface area contributed by atoms with E-state index >= 15 is 0 Å². The van der Waals surface area contributed by atoms with Gasteiger partial charge in [0.05, 0.1) is 32.5 Å². The van der Waals surface area contributed by atoms with Crippen molar-refractivity contribution in [2.45, 2.75) is 0 Å². The second-order valence-electron chi connectivity index (χ2n) is 7.19. The molecule has 11 heteroatoms. The number of nitrogens with one attached hydrogen (secondary N) is 1. The summed E-state index contributed by atoms with van der Waals surface area (Å²) in [5, 5.41) is 13.2. The molecular weight excluding hydrogens is 479 g/mol. The molecule has 0 aliphatic carbocycles. The summed E-state index contributed by atoms with van der Waals surface area (Å²) in [6.07, 6.45) is 1.73. The Morgan fingerprint density at radius 2 is 1.59 bits per heavy atom. The van der Waals surface area contributed by atoms with Gasteiger partial charge in [0.1, 0.15) is 6.07 Å². The Kier molecular flexibility index (Phi) is 5.17. The molecule has 0 fully saturated rings. The van der Waals surface area contributed by atoms with Crippen molar-refractivity contribution in [1.82, 2.24) is 23.9 Å². The molecule has 9 nitrogen and oxygen atoms in total. The third-order valence-electron chi connectivity index (χ3n) is 5.18. The van der Waals surface area contributed by atoms with E-state index in [1.54, 1.807) is 33.5 Å². The van der Waals surface area contributed by atoms with Gasteiger partial charge in [0.2, 0.25) is 5.69 Å². The van der Waals surface area contributed by atoms with Gasteiger partial charge in [0.25, 0.3) is 11.1 Å². The van der Waals surface area contributed by atoms with E-state index < -0.39 is 16.9 Å². The molecule has 5 aromatic rings. The van der Waals surface area contributed by atoms with Crippen molar-refractivity contribution in [3.05, 3.63) is 114 Å². The smallest absolute Gasteiger partial charge is 0.312 e. The van der Waals surface area contributed by atoms with E-state index in [9.17, 15) is 14.4 Å². The molecule has 0 radical (unpaired) electrons. The first-order chi connectivity index (χ1) is 16.4. The number of nitrogens with zero attached hydrogens (tertiary/aromatic N) is 5. The van der Waals surface area contributed by atoms with Crippen molar-refractivity contribution in [1.29, 1.82) is 5.26 Å². The summed E-state index contributed by atoms with van der Waals surface area (Å²) in [5.41, 5.74) is 0.195. The minimum absolute atomic E-state index is 0.161. The summed E-state index contributed by atoms with van der Waals surface area (Å²) >= 11 is 13.1. The highest BCUT2D eigenvalue weighted by molar-refractivity contribution is 6.38. The maximum Gasteiger partial charge on any atom is 0.349 e. The minimum Gasteiger partial charge on any atom is -0.312 e. The number of benzene rings is 2. The third kappa shape index (κ3) is 3.42. The maximum atomic E-state index is 12.6. The largest absolute Gasteiger partial charge is 0.349 e. The van der Waals surface area contributed by atoms with Crippen molar-refractivity contribution < 1.29 is 0 Å². The van der Waals surface area contributed by atoms with Gasteiger partial charge in [-0.25, -0.2) is 4.79 Å². The zero-order valence-corrected chi connectivity index (χ0v) is 18.6. The van der Waals surface area contributed by atoms with E-state index in [4.69, 9.17) is 28.5 Å². The summed E-state index contributed by atoms with van der Waals surface area (Å²) < 4.78 is 4.14. The molecule has 0 aliphatic rings. The number of pyridine rings is 1. The van der Waals surface area contributed by atoms with Crippen LogP contribution >= 0.6 is 23.2 Å². The highest BCUT2D eigenvalue weighted by Gasteiger charge is 2.17. The number of aromatic amines is 1. The van der Waals surface area contributed by atoms with Crippen LogP contribution in [0.1, 0.15) is 5.69 Å². The van der Waals surface area contributed by atoms with Gasteiger partial charge in [-0.1, -0.05) is 41.4 Å².